The Morgan fingerprint density at radius 2 is 1.84 bits per heavy atom. The molecule has 0 radical (unpaired) electrons. The molecule has 0 aromatic heterocycles. The topological polar surface area (TPSA) is 66.9 Å². The van der Waals surface area contributed by atoms with Crippen molar-refractivity contribution in [2.45, 2.75) is 38.0 Å². The van der Waals surface area contributed by atoms with Crippen LogP contribution < -0.4 is 0 Å². The molecule has 6 nitrogen and oxygen atoms in total. The molecule has 19 heavy (non-hydrogen) atoms. The molecule has 1 unspecified atom stereocenters. The highest BCUT2D eigenvalue weighted by atomic mass is 32.2. The lowest BCUT2D eigenvalue weighted by Crippen LogP contribution is -2.52. The SMILES string of the molecule is CC(C)S(=O)(=O)N1CCCC1C(=O)N1CCOCC1. The highest BCUT2D eigenvalue weighted by Gasteiger charge is 2.41. The van der Waals surface area contributed by atoms with Crippen LogP contribution in [0.2, 0.25) is 0 Å². The Morgan fingerprint density at radius 3 is 2.42 bits per heavy atom. The summed E-state index contributed by atoms with van der Waals surface area (Å²) in [5, 5.41) is -0.481. The third-order valence-electron chi connectivity index (χ3n) is 3.73. The van der Waals surface area contributed by atoms with Crippen molar-refractivity contribution in [3.05, 3.63) is 0 Å². The normalized spacial score (nSPS) is 26.1. The van der Waals surface area contributed by atoms with E-state index >= 15 is 0 Å². The molecule has 2 saturated heterocycles. The molecule has 110 valence electrons. The van der Waals surface area contributed by atoms with Crippen LogP contribution in [-0.2, 0) is 19.6 Å². The Kier molecular flexibility index (Phi) is 4.47. The number of amides is 1. The second kappa shape index (κ2) is 5.76. The highest BCUT2D eigenvalue weighted by Crippen LogP contribution is 2.25. The lowest BCUT2D eigenvalue weighted by Gasteiger charge is -2.32. The van der Waals surface area contributed by atoms with Gasteiger partial charge in [0.05, 0.1) is 18.5 Å². The number of sulfonamides is 1. The summed E-state index contributed by atoms with van der Waals surface area (Å²) < 4.78 is 31.1. The van der Waals surface area contributed by atoms with Crippen LogP contribution in [0.5, 0.6) is 0 Å². The molecular formula is C12H22N2O4S. The number of morpholine rings is 1. The van der Waals surface area contributed by atoms with Gasteiger partial charge in [-0.2, -0.15) is 4.31 Å². The van der Waals surface area contributed by atoms with Crippen molar-refractivity contribution < 1.29 is 17.9 Å². The van der Waals surface area contributed by atoms with Crippen LogP contribution in [0.4, 0.5) is 0 Å². The molecule has 2 rings (SSSR count). The number of hydrogen-bond donors (Lipinski definition) is 0. The van der Waals surface area contributed by atoms with E-state index in [0.29, 0.717) is 39.3 Å². The van der Waals surface area contributed by atoms with Crippen LogP contribution in [0.15, 0.2) is 0 Å². The summed E-state index contributed by atoms with van der Waals surface area (Å²) in [7, 11) is -3.35. The van der Waals surface area contributed by atoms with Gasteiger partial charge in [-0.25, -0.2) is 8.42 Å². The van der Waals surface area contributed by atoms with E-state index in [2.05, 4.69) is 0 Å². The van der Waals surface area contributed by atoms with E-state index in [0.717, 1.165) is 6.42 Å². The first-order chi connectivity index (χ1) is 8.94. The van der Waals surface area contributed by atoms with Gasteiger partial charge in [-0.05, 0) is 26.7 Å². The van der Waals surface area contributed by atoms with Crippen molar-refractivity contribution >= 4 is 15.9 Å². The molecule has 2 aliphatic heterocycles. The van der Waals surface area contributed by atoms with Gasteiger partial charge in [-0.1, -0.05) is 0 Å². The first-order valence-corrected chi connectivity index (χ1v) is 8.32. The minimum Gasteiger partial charge on any atom is -0.378 e. The Labute approximate surface area is 114 Å². The predicted octanol–water partition coefficient (Wildman–Crippen LogP) is 0.0478. The van der Waals surface area contributed by atoms with Crippen LogP contribution in [-0.4, -0.2) is 67.7 Å². The van der Waals surface area contributed by atoms with E-state index in [-0.39, 0.29) is 5.91 Å². The summed E-state index contributed by atoms with van der Waals surface area (Å²) in [6, 6.07) is -0.509. The van der Waals surface area contributed by atoms with E-state index in [1.54, 1.807) is 18.7 Å². The maximum atomic E-state index is 12.4. The number of rotatable bonds is 3. The van der Waals surface area contributed by atoms with Crippen LogP contribution >= 0.6 is 0 Å². The van der Waals surface area contributed by atoms with E-state index in [1.807, 2.05) is 0 Å². The largest absolute Gasteiger partial charge is 0.378 e. The standard InChI is InChI=1S/C12H22N2O4S/c1-10(2)19(16,17)14-5-3-4-11(14)12(15)13-6-8-18-9-7-13/h10-11H,3-9H2,1-2H3. The molecule has 0 N–H and O–H groups in total. The van der Waals surface area contributed by atoms with Crippen molar-refractivity contribution in [3.63, 3.8) is 0 Å². The molecule has 0 aliphatic carbocycles. The van der Waals surface area contributed by atoms with E-state index in [9.17, 15) is 13.2 Å². The van der Waals surface area contributed by atoms with Crippen LogP contribution in [0.25, 0.3) is 0 Å². The molecule has 2 heterocycles. The highest BCUT2D eigenvalue weighted by molar-refractivity contribution is 7.89. The minimum absolute atomic E-state index is 0.0648. The number of ether oxygens (including phenoxy) is 1. The van der Waals surface area contributed by atoms with Crippen molar-refractivity contribution in [2.24, 2.45) is 0 Å². The fraction of sp³-hybridized carbons (Fsp3) is 0.917. The van der Waals surface area contributed by atoms with Gasteiger partial charge < -0.3 is 9.64 Å². The fourth-order valence-corrected chi connectivity index (χ4v) is 4.03. The van der Waals surface area contributed by atoms with Crippen molar-refractivity contribution in [1.82, 2.24) is 9.21 Å². The number of hydrogen-bond acceptors (Lipinski definition) is 4. The van der Waals surface area contributed by atoms with Crippen LogP contribution in [0.3, 0.4) is 0 Å². The number of nitrogens with zero attached hydrogens (tertiary/aromatic N) is 2. The van der Waals surface area contributed by atoms with E-state index in [1.165, 1.54) is 4.31 Å². The second-order valence-corrected chi connectivity index (χ2v) is 7.74. The summed E-state index contributed by atoms with van der Waals surface area (Å²) in [6.45, 7) is 5.97. The predicted molar refractivity (Wildman–Crippen MR) is 71.2 cm³/mol. The molecule has 1 atom stereocenters. The molecule has 2 fully saturated rings. The Balaban J connectivity index is 2.12. The second-order valence-electron chi connectivity index (χ2n) is 5.30. The molecule has 2 aliphatic rings. The van der Waals surface area contributed by atoms with Gasteiger partial charge in [0.25, 0.3) is 0 Å². The number of carbonyl (C=O) groups is 1. The van der Waals surface area contributed by atoms with Gasteiger partial charge in [-0.3, -0.25) is 4.79 Å². The molecular weight excluding hydrogens is 268 g/mol. The summed E-state index contributed by atoms with van der Waals surface area (Å²) in [5.41, 5.74) is 0. The van der Waals surface area contributed by atoms with Crippen LogP contribution in [0, 0.1) is 0 Å². The molecule has 0 spiro atoms. The monoisotopic (exact) mass is 290 g/mol. The van der Waals surface area contributed by atoms with Gasteiger partial charge >= 0.3 is 0 Å². The number of carbonyl (C=O) groups excluding carboxylic acids is 1. The Morgan fingerprint density at radius 1 is 1.21 bits per heavy atom. The molecule has 1 amide bonds. The maximum Gasteiger partial charge on any atom is 0.241 e. The summed E-state index contributed by atoms with van der Waals surface area (Å²) in [6.07, 6.45) is 1.38. The summed E-state index contributed by atoms with van der Waals surface area (Å²) >= 11 is 0. The first kappa shape index (κ1) is 14.7. The molecule has 0 aromatic rings. The first-order valence-electron chi connectivity index (χ1n) is 6.82. The van der Waals surface area contributed by atoms with Gasteiger partial charge in [0, 0.05) is 19.6 Å². The average molecular weight is 290 g/mol. The summed E-state index contributed by atoms with van der Waals surface area (Å²) in [4.78, 5) is 14.2. The lowest BCUT2D eigenvalue weighted by molar-refractivity contribution is -0.138. The maximum absolute atomic E-state index is 12.4. The zero-order valence-corrected chi connectivity index (χ0v) is 12.4. The molecule has 0 bridgehead atoms. The summed E-state index contributed by atoms with van der Waals surface area (Å²) in [5.74, 6) is -0.0648. The Hall–Kier alpha value is -0.660. The zero-order valence-electron chi connectivity index (χ0n) is 11.5. The van der Waals surface area contributed by atoms with Crippen molar-refractivity contribution in [3.8, 4) is 0 Å². The van der Waals surface area contributed by atoms with Gasteiger partial charge in [0.2, 0.25) is 15.9 Å². The van der Waals surface area contributed by atoms with Gasteiger partial charge in [0.1, 0.15) is 6.04 Å². The van der Waals surface area contributed by atoms with Gasteiger partial charge in [-0.15, -0.1) is 0 Å². The zero-order chi connectivity index (χ0) is 14.0. The fourth-order valence-electron chi connectivity index (χ4n) is 2.56. The smallest absolute Gasteiger partial charge is 0.241 e. The quantitative estimate of drug-likeness (QED) is 0.736. The van der Waals surface area contributed by atoms with E-state index < -0.39 is 21.3 Å². The van der Waals surface area contributed by atoms with Gasteiger partial charge in [0.15, 0.2) is 0 Å². The van der Waals surface area contributed by atoms with Crippen molar-refractivity contribution in [2.75, 3.05) is 32.8 Å². The third kappa shape index (κ3) is 2.93. The van der Waals surface area contributed by atoms with Crippen molar-refractivity contribution in [1.29, 1.82) is 0 Å². The molecule has 7 heteroatoms. The molecule has 0 aromatic carbocycles. The third-order valence-corrected chi connectivity index (χ3v) is 6.02. The Bertz CT molecular complexity index is 429. The molecule has 0 saturated carbocycles. The lowest BCUT2D eigenvalue weighted by atomic mass is 10.2. The minimum atomic E-state index is -3.35. The average Bonchev–Trinajstić information content (AvgIpc) is 2.88. The van der Waals surface area contributed by atoms with E-state index in [4.69, 9.17) is 4.74 Å². The van der Waals surface area contributed by atoms with Crippen LogP contribution in [0.1, 0.15) is 26.7 Å².